The second-order valence-electron chi connectivity index (χ2n) is 6.33. The first-order chi connectivity index (χ1) is 11.1. The Morgan fingerprint density at radius 2 is 2.26 bits per heavy atom. The molecule has 1 saturated heterocycles. The van der Waals surface area contributed by atoms with Gasteiger partial charge in [-0.15, -0.1) is 0 Å². The third-order valence-corrected chi connectivity index (χ3v) is 4.65. The van der Waals surface area contributed by atoms with Crippen LogP contribution in [0.15, 0.2) is 35.1 Å². The Bertz CT molecular complexity index is 649. The first-order valence-corrected chi connectivity index (χ1v) is 8.08. The Balaban J connectivity index is 1.65. The number of aryl methyl sites for hydroxylation is 2. The summed E-state index contributed by atoms with van der Waals surface area (Å²) in [6.07, 6.45) is 5.88. The maximum atomic E-state index is 12.2. The Hall–Kier alpha value is -2.08. The number of rotatable bonds is 6. The van der Waals surface area contributed by atoms with Gasteiger partial charge in [0.15, 0.2) is 0 Å². The van der Waals surface area contributed by atoms with Crippen molar-refractivity contribution >= 4 is 5.91 Å². The van der Waals surface area contributed by atoms with Gasteiger partial charge in [0.2, 0.25) is 5.91 Å². The van der Waals surface area contributed by atoms with E-state index in [0.717, 1.165) is 24.3 Å². The van der Waals surface area contributed by atoms with Crippen molar-refractivity contribution < 1.29 is 9.21 Å². The average Bonchev–Trinajstić information content (AvgIpc) is 3.21. The quantitative estimate of drug-likeness (QED) is 0.884. The van der Waals surface area contributed by atoms with Gasteiger partial charge in [0.25, 0.3) is 0 Å². The van der Waals surface area contributed by atoms with Crippen molar-refractivity contribution in [2.75, 3.05) is 7.05 Å². The molecule has 23 heavy (non-hydrogen) atoms. The molecular weight excluding hydrogens is 292 g/mol. The summed E-state index contributed by atoms with van der Waals surface area (Å²) in [6.45, 7) is 2.16. The van der Waals surface area contributed by atoms with Crippen LogP contribution in [0.5, 0.6) is 0 Å². The summed E-state index contributed by atoms with van der Waals surface area (Å²) in [5, 5.41) is 7.87. The smallest absolute Gasteiger partial charge is 0.224 e. The van der Waals surface area contributed by atoms with E-state index < -0.39 is 0 Å². The van der Waals surface area contributed by atoms with Gasteiger partial charge in [-0.2, -0.15) is 5.10 Å². The van der Waals surface area contributed by atoms with E-state index in [1.165, 1.54) is 0 Å². The van der Waals surface area contributed by atoms with Crippen LogP contribution in [0.4, 0.5) is 0 Å². The molecule has 2 aromatic rings. The van der Waals surface area contributed by atoms with E-state index in [9.17, 15) is 4.79 Å². The molecule has 6 nitrogen and oxygen atoms in total. The number of carbonyl (C=O) groups is 1. The summed E-state index contributed by atoms with van der Waals surface area (Å²) in [7, 11) is 3.79. The highest BCUT2D eigenvalue weighted by atomic mass is 16.3. The molecule has 124 valence electrons. The van der Waals surface area contributed by atoms with Crippen LogP contribution in [0.25, 0.3) is 0 Å². The monoisotopic (exact) mass is 316 g/mol. The molecule has 1 aliphatic heterocycles. The van der Waals surface area contributed by atoms with Crippen LogP contribution < -0.4 is 5.32 Å². The van der Waals surface area contributed by atoms with E-state index in [1.807, 2.05) is 41.9 Å². The molecule has 1 amide bonds. The largest absolute Gasteiger partial charge is 0.469 e. The molecule has 3 atom stereocenters. The summed E-state index contributed by atoms with van der Waals surface area (Å²) in [4.78, 5) is 14.0. The van der Waals surface area contributed by atoms with E-state index >= 15 is 0 Å². The number of hydrogen-bond acceptors (Lipinski definition) is 4. The lowest BCUT2D eigenvalue weighted by atomic mass is 10.0. The lowest BCUT2D eigenvalue weighted by Crippen LogP contribution is -2.41. The summed E-state index contributed by atoms with van der Waals surface area (Å²) in [5.41, 5.74) is 1.06. The fraction of sp³-hybridized carbons (Fsp3) is 0.529. The first-order valence-electron chi connectivity index (χ1n) is 8.08. The molecule has 1 N–H and O–H groups in total. The number of furan rings is 1. The minimum absolute atomic E-state index is 0.0288. The van der Waals surface area contributed by atoms with Crippen LogP contribution in [-0.4, -0.2) is 39.7 Å². The van der Waals surface area contributed by atoms with Gasteiger partial charge in [-0.05, 0) is 31.5 Å². The molecule has 0 radical (unpaired) electrons. The highest BCUT2D eigenvalue weighted by molar-refractivity contribution is 5.80. The van der Waals surface area contributed by atoms with Crippen LogP contribution in [0, 0.1) is 0 Å². The van der Waals surface area contributed by atoms with E-state index in [0.29, 0.717) is 12.5 Å². The normalized spacial score (nSPS) is 22.7. The van der Waals surface area contributed by atoms with E-state index in [-0.39, 0.29) is 18.0 Å². The molecule has 0 aliphatic carbocycles. The highest BCUT2D eigenvalue weighted by Gasteiger charge is 2.40. The van der Waals surface area contributed by atoms with E-state index in [1.54, 1.807) is 12.5 Å². The van der Waals surface area contributed by atoms with Gasteiger partial charge >= 0.3 is 0 Å². The predicted octanol–water partition coefficient (Wildman–Crippen LogP) is 1.90. The highest BCUT2D eigenvalue weighted by Crippen LogP contribution is 2.31. The van der Waals surface area contributed by atoms with Gasteiger partial charge in [-0.3, -0.25) is 9.48 Å². The van der Waals surface area contributed by atoms with Crippen molar-refractivity contribution in [1.82, 2.24) is 20.0 Å². The molecule has 0 unspecified atom stereocenters. The molecule has 1 aliphatic rings. The zero-order valence-electron chi connectivity index (χ0n) is 13.9. The van der Waals surface area contributed by atoms with E-state index in [4.69, 9.17) is 4.42 Å². The molecular formula is C17H24N4O2. The minimum atomic E-state index is 0.0288. The number of hydrogen-bond donors (Lipinski definition) is 1. The molecule has 0 spiro atoms. The number of likely N-dealkylation sites (N-methyl/N-ethyl adjacent to an activating group) is 1. The first kappa shape index (κ1) is 15.8. The van der Waals surface area contributed by atoms with Crippen molar-refractivity contribution in [2.24, 2.45) is 7.05 Å². The summed E-state index contributed by atoms with van der Waals surface area (Å²) in [5.74, 6) is 1.17. The zero-order chi connectivity index (χ0) is 16.4. The van der Waals surface area contributed by atoms with Crippen molar-refractivity contribution in [3.8, 4) is 0 Å². The fourth-order valence-electron chi connectivity index (χ4n) is 3.36. The van der Waals surface area contributed by atoms with Crippen LogP contribution in [0.3, 0.4) is 0 Å². The molecule has 2 aromatic heterocycles. The minimum Gasteiger partial charge on any atom is -0.469 e. The lowest BCUT2D eigenvalue weighted by molar-refractivity contribution is -0.127. The number of carbonyl (C=O) groups excluding carboxylic acids is 1. The number of aromatic nitrogens is 2. The molecule has 1 fully saturated rings. The van der Waals surface area contributed by atoms with Crippen molar-refractivity contribution in [3.05, 3.63) is 42.1 Å². The van der Waals surface area contributed by atoms with Crippen LogP contribution in [0.2, 0.25) is 0 Å². The fourth-order valence-corrected chi connectivity index (χ4v) is 3.36. The van der Waals surface area contributed by atoms with Gasteiger partial charge < -0.3 is 14.6 Å². The standard InChI is InChI=1S/C17H24N4O2/c1-12(6-7-13-5-4-10-23-13)19-14-11-16(22)20(2)17(14)15-8-9-18-21(15)3/h4-5,8-10,12,14,17,19H,6-7,11H2,1-3H3/t12-,14-,17-/m1/s1. The SMILES string of the molecule is C[C@H](CCc1ccco1)N[C@@H]1CC(=O)N(C)[C@H]1c1ccnn1C. The number of likely N-dealkylation sites (tertiary alicyclic amines) is 1. The van der Waals surface area contributed by atoms with Gasteiger partial charge in [0.05, 0.1) is 18.0 Å². The Labute approximate surface area is 136 Å². The van der Waals surface area contributed by atoms with Crippen molar-refractivity contribution in [3.63, 3.8) is 0 Å². The van der Waals surface area contributed by atoms with Gasteiger partial charge in [0.1, 0.15) is 5.76 Å². The van der Waals surface area contributed by atoms with Crippen LogP contribution in [0.1, 0.15) is 37.3 Å². The topological polar surface area (TPSA) is 63.3 Å². The zero-order valence-corrected chi connectivity index (χ0v) is 13.9. The third-order valence-electron chi connectivity index (χ3n) is 4.65. The summed E-state index contributed by atoms with van der Waals surface area (Å²) < 4.78 is 7.23. The molecule has 3 rings (SSSR count). The Morgan fingerprint density at radius 3 is 2.91 bits per heavy atom. The van der Waals surface area contributed by atoms with Crippen molar-refractivity contribution in [2.45, 2.75) is 44.3 Å². The number of amides is 1. The average molecular weight is 316 g/mol. The number of nitrogens with zero attached hydrogens (tertiary/aromatic N) is 3. The Kier molecular flexibility index (Phi) is 4.52. The Morgan fingerprint density at radius 1 is 1.43 bits per heavy atom. The van der Waals surface area contributed by atoms with Crippen molar-refractivity contribution in [1.29, 1.82) is 0 Å². The lowest BCUT2D eigenvalue weighted by Gasteiger charge is -2.28. The third kappa shape index (κ3) is 3.32. The molecule has 3 heterocycles. The van der Waals surface area contributed by atoms with Gasteiger partial charge in [-0.1, -0.05) is 0 Å². The maximum Gasteiger partial charge on any atom is 0.224 e. The second kappa shape index (κ2) is 6.58. The predicted molar refractivity (Wildman–Crippen MR) is 86.8 cm³/mol. The van der Waals surface area contributed by atoms with Gasteiger partial charge in [0, 0.05) is 45.2 Å². The summed E-state index contributed by atoms with van der Waals surface area (Å²) in [6, 6.07) is 6.34. The molecule has 0 bridgehead atoms. The van der Waals surface area contributed by atoms with Crippen LogP contribution >= 0.6 is 0 Å². The maximum absolute atomic E-state index is 12.2. The number of nitrogens with one attached hydrogen (secondary N) is 1. The van der Waals surface area contributed by atoms with Gasteiger partial charge in [-0.25, -0.2) is 0 Å². The molecule has 0 aromatic carbocycles. The van der Waals surface area contributed by atoms with Crippen LogP contribution in [-0.2, 0) is 18.3 Å². The molecule has 6 heteroatoms. The molecule has 0 saturated carbocycles. The second-order valence-corrected chi connectivity index (χ2v) is 6.33. The van der Waals surface area contributed by atoms with E-state index in [2.05, 4.69) is 17.3 Å². The summed E-state index contributed by atoms with van der Waals surface area (Å²) >= 11 is 0.